The predicted molar refractivity (Wildman–Crippen MR) is 147 cm³/mol. The minimum Gasteiger partial charge on any atom is -0.368 e. The van der Waals surface area contributed by atoms with E-state index in [1.165, 1.54) is 28.3 Å². The molecule has 7 nitrogen and oxygen atoms in total. The summed E-state index contributed by atoms with van der Waals surface area (Å²) >= 11 is 6.70. The van der Waals surface area contributed by atoms with Crippen molar-refractivity contribution in [2.45, 2.75) is 26.3 Å². The Morgan fingerprint density at radius 3 is 2.47 bits per heavy atom. The van der Waals surface area contributed by atoms with Crippen LogP contribution in [0.5, 0.6) is 0 Å². The summed E-state index contributed by atoms with van der Waals surface area (Å²) in [5.41, 5.74) is 1.64. The number of hydrogen-bond acceptors (Lipinski definition) is 7. The molecule has 2 aromatic heterocycles. The largest absolute Gasteiger partial charge is 0.368 e. The van der Waals surface area contributed by atoms with Crippen LogP contribution in [0.1, 0.15) is 25.8 Å². The van der Waals surface area contributed by atoms with Crippen molar-refractivity contribution in [3.63, 3.8) is 0 Å². The number of anilines is 2. The molecule has 1 amide bonds. The average molecular weight is 524 g/mol. The Balaban J connectivity index is 1.51. The number of halogens is 1. The molecule has 36 heavy (non-hydrogen) atoms. The summed E-state index contributed by atoms with van der Waals surface area (Å²) in [6.07, 6.45) is 4.12. The van der Waals surface area contributed by atoms with E-state index in [4.69, 9.17) is 17.2 Å². The van der Waals surface area contributed by atoms with Gasteiger partial charge in [0, 0.05) is 44.1 Å². The van der Waals surface area contributed by atoms with Crippen molar-refractivity contribution in [1.82, 2.24) is 14.3 Å². The molecule has 186 valence electrons. The first-order valence-corrected chi connectivity index (χ1v) is 13.1. The van der Waals surface area contributed by atoms with Crippen LogP contribution in [0.2, 0.25) is 0 Å². The van der Waals surface area contributed by atoms with Crippen molar-refractivity contribution < 1.29 is 9.18 Å². The van der Waals surface area contributed by atoms with Crippen molar-refractivity contribution >= 4 is 57.4 Å². The molecule has 0 aliphatic carbocycles. The monoisotopic (exact) mass is 523 g/mol. The van der Waals surface area contributed by atoms with Gasteiger partial charge in [0.25, 0.3) is 11.5 Å². The van der Waals surface area contributed by atoms with Gasteiger partial charge in [0.05, 0.1) is 10.5 Å². The molecule has 0 saturated carbocycles. The van der Waals surface area contributed by atoms with Gasteiger partial charge in [0.2, 0.25) is 0 Å². The van der Waals surface area contributed by atoms with E-state index in [1.54, 1.807) is 41.4 Å². The number of fused-ring (bicyclic) bond motifs is 1. The number of nitrogens with zero attached hydrogens (tertiary/aromatic N) is 5. The van der Waals surface area contributed by atoms with Gasteiger partial charge in [-0.1, -0.05) is 37.0 Å². The summed E-state index contributed by atoms with van der Waals surface area (Å²) in [6, 6.07) is 11.9. The third-order valence-electron chi connectivity index (χ3n) is 6.65. The molecular weight excluding hydrogens is 497 g/mol. The SMILES string of the molecule is CCC(C)N1C(=O)C(=Cc2c(N3CCN(c4ccc(F)cc4)CC3)nc3ccccn3c2=O)SC1=S. The van der Waals surface area contributed by atoms with Crippen LogP contribution in [-0.2, 0) is 4.79 Å². The highest BCUT2D eigenvalue weighted by atomic mass is 32.2. The van der Waals surface area contributed by atoms with Gasteiger partial charge in [-0.3, -0.25) is 18.9 Å². The van der Waals surface area contributed by atoms with E-state index in [0.717, 1.165) is 12.1 Å². The lowest BCUT2D eigenvalue weighted by Crippen LogP contribution is -2.47. The van der Waals surface area contributed by atoms with Crippen molar-refractivity contribution in [2.75, 3.05) is 36.0 Å². The Bertz CT molecular complexity index is 1410. The quantitative estimate of drug-likeness (QED) is 0.368. The molecular formula is C26H26FN5O2S2. The number of hydrogen-bond donors (Lipinski definition) is 0. The Morgan fingerprint density at radius 2 is 1.78 bits per heavy atom. The lowest BCUT2D eigenvalue weighted by molar-refractivity contribution is -0.123. The summed E-state index contributed by atoms with van der Waals surface area (Å²) in [5, 5.41) is 0. The number of carbonyl (C=O) groups is 1. The second-order valence-corrected chi connectivity index (χ2v) is 10.5. The molecule has 5 rings (SSSR count). The molecule has 0 N–H and O–H groups in total. The molecule has 1 atom stereocenters. The zero-order chi connectivity index (χ0) is 25.4. The fourth-order valence-corrected chi connectivity index (χ4v) is 5.90. The first-order valence-electron chi connectivity index (χ1n) is 11.9. The second-order valence-electron chi connectivity index (χ2n) is 8.84. The zero-order valence-electron chi connectivity index (χ0n) is 20.1. The smallest absolute Gasteiger partial charge is 0.267 e. The Morgan fingerprint density at radius 1 is 1.08 bits per heavy atom. The number of amides is 1. The highest BCUT2D eigenvalue weighted by Gasteiger charge is 2.35. The zero-order valence-corrected chi connectivity index (χ0v) is 21.7. The summed E-state index contributed by atoms with van der Waals surface area (Å²) in [7, 11) is 0. The first-order chi connectivity index (χ1) is 17.4. The number of piperazine rings is 1. The number of pyridine rings is 1. The van der Waals surface area contributed by atoms with Crippen LogP contribution in [0.25, 0.3) is 11.7 Å². The molecule has 2 aliphatic rings. The second kappa shape index (κ2) is 10.0. The van der Waals surface area contributed by atoms with Crippen molar-refractivity contribution in [3.05, 3.63) is 75.3 Å². The summed E-state index contributed by atoms with van der Waals surface area (Å²) in [5.74, 6) is 0.115. The standard InChI is InChI=1S/C26H26FN5O2S2/c1-3-17(2)32-25(34)21(36-26(32)35)16-20-23(28-22-6-4-5-11-31(22)24(20)33)30-14-12-29(13-15-30)19-9-7-18(27)8-10-19/h4-11,16-17H,3,12-15H2,1-2H3. The van der Waals surface area contributed by atoms with E-state index in [-0.39, 0.29) is 23.3 Å². The number of thiocarbonyl (C=S) groups is 1. The number of carbonyl (C=O) groups excluding carboxylic acids is 1. The van der Waals surface area contributed by atoms with Crippen LogP contribution < -0.4 is 15.4 Å². The van der Waals surface area contributed by atoms with E-state index < -0.39 is 0 Å². The van der Waals surface area contributed by atoms with Gasteiger partial charge in [-0.25, -0.2) is 9.37 Å². The molecule has 2 aliphatic heterocycles. The highest BCUT2D eigenvalue weighted by molar-refractivity contribution is 8.26. The average Bonchev–Trinajstić information content (AvgIpc) is 3.18. The third kappa shape index (κ3) is 4.51. The van der Waals surface area contributed by atoms with Crippen LogP contribution in [0.4, 0.5) is 15.9 Å². The molecule has 3 aromatic rings. The molecule has 4 heterocycles. The van der Waals surface area contributed by atoms with E-state index in [1.807, 2.05) is 19.9 Å². The van der Waals surface area contributed by atoms with Gasteiger partial charge in [-0.05, 0) is 55.8 Å². The molecule has 2 fully saturated rings. The van der Waals surface area contributed by atoms with Gasteiger partial charge in [-0.2, -0.15) is 0 Å². The fourth-order valence-electron chi connectivity index (χ4n) is 4.46. The molecule has 0 spiro atoms. The predicted octanol–water partition coefficient (Wildman–Crippen LogP) is 4.16. The Kier molecular flexibility index (Phi) is 6.81. The maximum absolute atomic E-state index is 13.6. The minimum atomic E-state index is -0.262. The molecule has 1 aromatic carbocycles. The van der Waals surface area contributed by atoms with Gasteiger partial charge >= 0.3 is 0 Å². The fraction of sp³-hybridized carbons (Fsp3) is 0.308. The topological polar surface area (TPSA) is 61.2 Å². The van der Waals surface area contributed by atoms with Crippen molar-refractivity contribution in [2.24, 2.45) is 0 Å². The first kappa shape index (κ1) is 24.5. The van der Waals surface area contributed by atoms with E-state index >= 15 is 0 Å². The summed E-state index contributed by atoms with van der Waals surface area (Å²) in [4.78, 5) is 37.9. The number of benzene rings is 1. The highest BCUT2D eigenvalue weighted by Crippen LogP contribution is 2.35. The summed E-state index contributed by atoms with van der Waals surface area (Å²) in [6.45, 7) is 6.61. The van der Waals surface area contributed by atoms with Crippen LogP contribution in [0, 0.1) is 5.82 Å². The van der Waals surface area contributed by atoms with Crippen LogP contribution in [0.3, 0.4) is 0 Å². The minimum absolute atomic E-state index is 0.0155. The van der Waals surface area contributed by atoms with Gasteiger partial charge in [-0.15, -0.1) is 0 Å². The Hall–Kier alpha value is -3.24. The van der Waals surface area contributed by atoms with Crippen LogP contribution in [-0.4, -0.2) is 56.7 Å². The lowest BCUT2D eigenvalue weighted by atomic mass is 10.2. The third-order valence-corrected chi connectivity index (χ3v) is 7.98. The number of thioether (sulfide) groups is 1. The van der Waals surface area contributed by atoms with Gasteiger partial charge in [0.1, 0.15) is 21.6 Å². The summed E-state index contributed by atoms with van der Waals surface area (Å²) < 4.78 is 15.3. The van der Waals surface area contributed by atoms with Crippen LogP contribution in [0.15, 0.2) is 58.4 Å². The van der Waals surface area contributed by atoms with Crippen molar-refractivity contribution in [1.29, 1.82) is 0 Å². The molecule has 10 heteroatoms. The van der Waals surface area contributed by atoms with E-state index in [0.29, 0.717) is 52.4 Å². The normalized spacial score (nSPS) is 18.5. The molecule has 0 bridgehead atoms. The molecule has 1 unspecified atom stereocenters. The maximum atomic E-state index is 13.6. The molecule has 0 radical (unpaired) electrons. The number of rotatable bonds is 5. The van der Waals surface area contributed by atoms with Crippen LogP contribution >= 0.6 is 24.0 Å². The van der Waals surface area contributed by atoms with Gasteiger partial charge in [0.15, 0.2) is 0 Å². The maximum Gasteiger partial charge on any atom is 0.267 e. The number of aromatic nitrogens is 2. The van der Waals surface area contributed by atoms with E-state index in [9.17, 15) is 14.0 Å². The van der Waals surface area contributed by atoms with Gasteiger partial charge < -0.3 is 9.80 Å². The molecule has 2 saturated heterocycles. The van der Waals surface area contributed by atoms with E-state index in [2.05, 4.69) is 9.80 Å². The van der Waals surface area contributed by atoms with Crippen molar-refractivity contribution in [3.8, 4) is 0 Å². The lowest BCUT2D eigenvalue weighted by Gasteiger charge is -2.37. The Labute approximate surface area is 218 Å².